The van der Waals surface area contributed by atoms with Gasteiger partial charge in [0.05, 0.1) is 27.4 Å². The van der Waals surface area contributed by atoms with Crippen LogP contribution in [0.1, 0.15) is 0 Å². The van der Waals surface area contributed by atoms with Gasteiger partial charge in [-0.3, -0.25) is 4.90 Å². The topological polar surface area (TPSA) is 90.9 Å². The molecule has 9 nitrogen and oxygen atoms in total. The highest BCUT2D eigenvalue weighted by Gasteiger charge is 2.16. The number of nitrogens with zero attached hydrogens (tertiary/aromatic N) is 4. The summed E-state index contributed by atoms with van der Waals surface area (Å²) in [5, 5.41) is 3.15. The average molecular weight is 396 g/mol. The molecule has 0 atom stereocenters. The Hall–Kier alpha value is -2.36. The third-order valence-electron chi connectivity index (χ3n) is 4.02. The molecule has 1 aliphatic rings. The summed E-state index contributed by atoms with van der Waals surface area (Å²) >= 11 is 5.79. The van der Waals surface area contributed by atoms with Crippen molar-refractivity contribution in [2.24, 2.45) is 0 Å². The zero-order valence-corrected chi connectivity index (χ0v) is 16.0. The Kier molecular flexibility index (Phi) is 6.86. The lowest BCUT2D eigenvalue weighted by atomic mass is 10.2. The van der Waals surface area contributed by atoms with Crippen LogP contribution in [-0.4, -0.2) is 73.5 Å². The Morgan fingerprint density at radius 3 is 2.48 bits per heavy atom. The highest BCUT2D eigenvalue weighted by Crippen LogP contribution is 2.40. The largest absolute Gasteiger partial charge is 0.493 e. The molecule has 1 saturated heterocycles. The summed E-state index contributed by atoms with van der Waals surface area (Å²) in [6.07, 6.45) is 1.33. The number of hydrogen-bond acceptors (Lipinski definition) is 9. The van der Waals surface area contributed by atoms with Gasteiger partial charge in [-0.05, 0) is 11.6 Å². The van der Waals surface area contributed by atoms with Gasteiger partial charge in [0.2, 0.25) is 17.0 Å². The minimum atomic E-state index is 0.106. The van der Waals surface area contributed by atoms with Crippen molar-refractivity contribution in [2.75, 3.05) is 59.0 Å². The summed E-state index contributed by atoms with van der Waals surface area (Å²) in [5.74, 6) is 1.95. The number of nitrogens with one attached hydrogen (secondary N) is 1. The van der Waals surface area contributed by atoms with Crippen LogP contribution in [0.15, 0.2) is 18.5 Å². The molecule has 3 rings (SSSR count). The molecule has 0 unspecified atom stereocenters. The predicted molar refractivity (Wildman–Crippen MR) is 100 cm³/mol. The Morgan fingerprint density at radius 1 is 1.15 bits per heavy atom. The Balaban J connectivity index is 1.71. The molecule has 0 bridgehead atoms. The first kappa shape index (κ1) is 19.4. The molecule has 2 aromatic rings. The van der Waals surface area contributed by atoms with Gasteiger partial charge in [0.25, 0.3) is 0 Å². The van der Waals surface area contributed by atoms with Gasteiger partial charge in [-0.15, -0.1) is 0 Å². The summed E-state index contributed by atoms with van der Waals surface area (Å²) in [6, 6.07) is 3.56. The molecule has 10 heteroatoms. The Labute approximate surface area is 162 Å². The lowest BCUT2D eigenvalue weighted by Gasteiger charge is -2.26. The van der Waals surface area contributed by atoms with Gasteiger partial charge in [-0.25, -0.2) is 9.97 Å². The van der Waals surface area contributed by atoms with Gasteiger partial charge in [-0.2, -0.15) is 4.98 Å². The SMILES string of the molecule is COc1cc(Nc2ncnc(Cl)n2)cc(OC)c1OCCN1CCOCC1. The molecule has 1 fully saturated rings. The van der Waals surface area contributed by atoms with Crippen molar-refractivity contribution >= 4 is 23.2 Å². The maximum absolute atomic E-state index is 5.95. The monoisotopic (exact) mass is 395 g/mol. The van der Waals surface area contributed by atoms with Crippen LogP contribution in [-0.2, 0) is 4.74 Å². The van der Waals surface area contributed by atoms with Crippen LogP contribution in [0.5, 0.6) is 17.2 Å². The highest BCUT2D eigenvalue weighted by molar-refractivity contribution is 6.28. The first-order chi connectivity index (χ1) is 13.2. The number of anilines is 2. The summed E-state index contributed by atoms with van der Waals surface area (Å²) < 4.78 is 22.3. The van der Waals surface area contributed by atoms with Gasteiger partial charge in [0, 0.05) is 37.5 Å². The Morgan fingerprint density at radius 2 is 1.85 bits per heavy atom. The summed E-state index contributed by atoms with van der Waals surface area (Å²) in [4.78, 5) is 14.1. The third-order valence-corrected chi connectivity index (χ3v) is 4.20. The highest BCUT2D eigenvalue weighted by atomic mass is 35.5. The van der Waals surface area contributed by atoms with Crippen LogP contribution in [0.25, 0.3) is 0 Å². The average Bonchev–Trinajstić information content (AvgIpc) is 2.69. The maximum atomic E-state index is 5.95. The maximum Gasteiger partial charge on any atom is 0.231 e. The van der Waals surface area contributed by atoms with Crippen molar-refractivity contribution in [1.29, 1.82) is 0 Å². The molecule has 1 N–H and O–H groups in total. The fourth-order valence-electron chi connectivity index (χ4n) is 2.66. The second kappa shape index (κ2) is 9.54. The quantitative estimate of drug-likeness (QED) is 0.720. The van der Waals surface area contributed by atoms with E-state index in [4.69, 9.17) is 30.5 Å². The first-order valence-electron chi connectivity index (χ1n) is 8.50. The molecular formula is C17H22ClN5O4. The molecule has 27 heavy (non-hydrogen) atoms. The fraction of sp³-hybridized carbons (Fsp3) is 0.471. The number of hydrogen-bond donors (Lipinski definition) is 1. The molecule has 146 valence electrons. The van der Waals surface area contributed by atoms with Crippen molar-refractivity contribution in [2.45, 2.75) is 0 Å². The molecule has 0 saturated carbocycles. The van der Waals surface area contributed by atoms with E-state index in [0.717, 1.165) is 32.8 Å². The molecule has 1 aromatic heterocycles. The lowest BCUT2D eigenvalue weighted by Crippen LogP contribution is -2.38. The molecule has 0 radical (unpaired) electrons. The Bertz CT molecular complexity index is 733. The second-order valence-electron chi connectivity index (χ2n) is 5.72. The zero-order chi connectivity index (χ0) is 19.1. The van der Waals surface area contributed by atoms with Gasteiger partial charge in [0.1, 0.15) is 12.9 Å². The van der Waals surface area contributed by atoms with E-state index in [1.54, 1.807) is 26.4 Å². The second-order valence-corrected chi connectivity index (χ2v) is 6.05. The van der Waals surface area contributed by atoms with Gasteiger partial charge >= 0.3 is 0 Å². The van der Waals surface area contributed by atoms with E-state index in [0.29, 0.717) is 35.5 Å². The predicted octanol–water partition coefficient (Wildman–Crippen LogP) is 2.00. The van der Waals surface area contributed by atoms with Crippen LogP contribution in [0.2, 0.25) is 5.28 Å². The number of rotatable bonds is 8. The van der Waals surface area contributed by atoms with Crippen molar-refractivity contribution in [1.82, 2.24) is 19.9 Å². The molecule has 1 aromatic carbocycles. The van der Waals surface area contributed by atoms with E-state index in [2.05, 4.69) is 25.2 Å². The van der Waals surface area contributed by atoms with E-state index in [1.807, 2.05) is 0 Å². The normalized spacial score (nSPS) is 14.6. The first-order valence-corrected chi connectivity index (χ1v) is 8.88. The molecule has 2 heterocycles. The number of methoxy groups -OCH3 is 2. The van der Waals surface area contributed by atoms with Crippen molar-refractivity contribution in [3.8, 4) is 17.2 Å². The van der Waals surface area contributed by atoms with E-state index in [9.17, 15) is 0 Å². The summed E-state index contributed by atoms with van der Waals surface area (Å²) in [5.41, 5.74) is 0.673. The van der Waals surface area contributed by atoms with Crippen molar-refractivity contribution in [3.63, 3.8) is 0 Å². The summed E-state index contributed by atoms with van der Waals surface area (Å²) in [7, 11) is 3.15. The van der Waals surface area contributed by atoms with Gasteiger partial charge < -0.3 is 24.3 Å². The van der Waals surface area contributed by atoms with Crippen LogP contribution >= 0.6 is 11.6 Å². The van der Waals surface area contributed by atoms with Crippen LogP contribution < -0.4 is 19.5 Å². The lowest BCUT2D eigenvalue weighted by molar-refractivity contribution is 0.0319. The number of benzene rings is 1. The van der Waals surface area contributed by atoms with Gasteiger partial charge in [0.15, 0.2) is 11.5 Å². The molecule has 0 amide bonds. The molecule has 1 aliphatic heterocycles. The van der Waals surface area contributed by atoms with E-state index in [1.165, 1.54) is 6.33 Å². The minimum absolute atomic E-state index is 0.106. The van der Waals surface area contributed by atoms with E-state index in [-0.39, 0.29) is 5.28 Å². The number of halogens is 1. The standard InChI is InChI=1S/C17H22ClN5O4/c1-24-13-9-12(21-17-20-11-19-16(18)22-17)10-14(25-2)15(13)27-8-5-23-3-6-26-7-4-23/h9-11H,3-8H2,1-2H3,(H,19,20,21,22). The van der Waals surface area contributed by atoms with Crippen LogP contribution in [0.3, 0.4) is 0 Å². The zero-order valence-electron chi connectivity index (χ0n) is 15.3. The van der Waals surface area contributed by atoms with Crippen molar-refractivity contribution in [3.05, 3.63) is 23.7 Å². The molecule has 0 aliphatic carbocycles. The minimum Gasteiger partial charge on any atom is -0.493 e. The molecular weight excluding hydrogens is 374 g/mol. The third kappa shape index (κ3) is 5.31. The summed E-state index contributed by atoms with van der Waals surface area (Å²) in [6.45, 7) is 4.66. The van der Waals surface area contributed by atoms with E-state index >= 15 is 0 Å². The number of aromatic nitrogens is 3. The smallest absolute Gasteiger partial charge is 0.231 e. The van der Waals surface area contributed by atoms with E-state index < -0.39 is 0 Å². The van der Waals surface area contributed by atoms with Crippen LogP contribution in [0, 0.1) is 0 Å². The van der Waals surface area contributed by atoms with Crippen molar-refractivity contribution < 1.29 is 18.9 Å². The van der Waals surface area contributed by atoms with Crippen LogP contribution in [0.4, 0.5) is 11.6 Å². The molecule has 0 spiro atoms. The van der Waals surface area contributed by atoms with Gasteiger partial charge in [-0.1, -0.05) is 0 Å². The number of ether oxygens (including phenoxy) is 4. The fourth-order valence-corrected chi connectivity index (χ4v) is 2.79. The number of morpholine rings is 1.